The summed E-state index contributed by atoms with van der Waals surface area (Å²) in [5.74, 6) is -0.00420. The molecule has 5 heteroatoms. The molecule has 2 rings (SSSR count). The van der Waals surface area contributed by atoms with Crippen LogP contribution in [0.25, 0.3) is 0 Å². The number of nitrogens with zero attached hydrogens (tertiary/aromatic N) is 1. The number of hydrogen-bond donors (Lipinski definition) is 2. The van der Waals surface area contributed by atoms with E-state index in [4.69, 9.17) is 0 Å². The van der Waals surface area contributed by atoms with E-state index in [1.807, 2.05) is 21.0 Å². The van der Waals surface area contributed by atoms with Crippen LogP contribution in [0, 0.1) is 0 Å². The molecule has 0 aliphatic carbocycles. The van der Waals surface area contributed by atoms with Gasteiger partial charge in [0, 0.05) is 36.6 Å². The van der Waals surface area contributed by atoms with E-state index in [-0.39, 0.29) is 17.7 Å². The Bertz CT molecular complexity index is 767. The topological polar surface area (TPSA) is 53.9 Å². The molecule has 5 nitrogen and oxygen atoms in total. The van der Waals surface area contributed by atoms with Crippen molar-refractivity contribution in [2.75, 3.05) is 30.9 Å². The zero-order valence-corrected chi connectivity index (χ0v) is 16.9. The molecule has 0 radical (unpaired) electrons. The van der Waals surface area contributed by atoms with E-state index in [9.17, 15) is 9.59 Å². The van der Waals surface area contributed by atoms with Gasteiger partial charge in [-0.25, -0.2) is 0 Å². The minimum Gasteiger partial charge on any atom is -0.378 e. The molecular weight excluding hydrogens is 338 g/mol. The first-order valence-corrected chi connectivity index (χ1v) is 9.34. The highest BCUT2D eigenvalue weighted by molar-refractivity contribution is 5.96. The maximum Gasteiger partial charge on any atom is 0.282 e. The van der Waals surface area contributed by atoms with E-state index in [0.717, 1.165) is 18.8 Å². The Morgan fingerprint density at radius 3 is 2.11 bits per heavy atom. The average molecular weight is 369 g/mol. The number of benzene rings is 2. The van der Waals surface area contributed by atoms with E-state index < -0.39 is 0 Å². The Balaban J connectivity index is 2.00. The third-order valence-corrected chi connectivity index (χ3v) is 4.90. The molecule has 1 amide bonds. The minimum atomic E-state index is -0.184. The van der Waals surface area contributed by atoms with Gasteiger partial charge in [0.05, 0.1) is 6.54 Å². The van der Waals surface area contributed by atoms with Crippen molar-refractivity contribution in [3.63, 3.8) is 0 Å². The van der Waals surface area contributed by atoms with Crippen LogP contribution in [-0.2, 0) is 11.3 Å². The first-order chi connectivity index (χ1) is 12.8. The van der Waals surface area contributed by atoms with E-state index >= 15 is 0 Å². The minimum absolute atomic E-state index is 0.0168. The predicted octanol–water partition coefficient (Wildman–Crippen LogP) is 2.39. The van der Waals surface area contributed by atoms with Crippen LogP contribution in [0.3, 0.4) is 0 Å². The second-order valence-corrected chi connectivity index (χ2v) is 7.09. The van der Waals surface area contributed by atoms with Gasteiger partial charge >= 0.3 is 0 Å². The molecule has 0 saturated heterocycles. The molecule has 0 aliphatic rings. The number of hydrogen-bond acceptors (Lipinski definition) is 3. The number of likely N-dealkylation sites (N-methyl/N-ethyl adjacent to an activating group) is 1. The number of anilines is 2. The Hall–Kier alpha value is -2.66. The lowest BCUT2D eigenvalue weighted by Gasteiger charge is -2.24. The fraction of sp³-hybridized carbons (Fsp3) is 0.364. The molecule has 2 atom stereocenters. The molecule has 2 aromatic carbocycles. The molecule has 0 spiro atoms. The van der Waals surface area contributed by atoms with E-state index in [2.05, 4.69) is 41.4 Å². The molecule has 0 aromatic heterocycles. The van der Waals surface area contributed by atoms with E-state index in [1.165, 1.54) is 17.4 Å². The molecule has 0 fully saturated rings. The fourth-order valence-corrected chi connectivity index (χ4v) is 2.98. The van der Waals surface area contributed by atoms with Gasteiger partial charge in [0.15, 0.2) is 11.8 Å². The van der Waals surface area contributed by atoms with Crippen LogP contribution in [0.15, 0.2) is 48.5 Å². The van der Waals surface area contributed by atoms with Gasteiger partial charge in [-0.3, -0.25) is 9.59 Å². The molecule has 27 heavy (non-hydrogen) atoms. The summed E-state index contributed by atoms with van der Waals surface area (Å²) in [6.45, 7) is 7.22. The first kappa shape index (κ1) is 20.6. The van der Waals surface area contributed by atoms with Crippen molar-refractivity contribution >= 4 is 23.1 Å². The van der Waals surface area contributed by atoms with Crippen LogP contribution >= 0.6 is 0 Å². The molecule has 144 valence electrons. The SMILES string of the molecule is CC[NH+](Cc1ccc(N(C)C)cc1)[C@H](C)C(=O)Nc1ccc(C(C)=O)cc1. The van der Waals surface area contributed by atoms with E-state index in [0.29, 0.717) is 11.3 Å². The lowest BCUT2D eigenvalue weighted by molar-refractivity contribution is -0.925. The van der Waals surface area contributed by atoms with Crippen molar-refractivity contribution in [1.29, 1.82) is 0 Å². The normalized spacial score (nSPS) is 12.9. The maximum absolute atomic E-state index is 12.7. The van der Waals surface area contributed by atoms with Crippen LogP contribution in [0.5, 0.6) is 0 Å². The lowest BCUT2D eigenvalue weighted by Crippen LogP contribution is -3.15. The third kappa shape index (κ3) is 5.66. The third-order valence-electron chi connectivity index (χ3n) is 4.90. The van der Waals surface area contributed by atoms with Gasteiger partial charge in [-0.1, -0.05) is 12.1 Å². The Morgan fingerprint density at radius 2 is 1.63 bits per heavy atom. The predicted molar refractivity (Wildman–Crippen MR) is 111 cm³/mol. The highest BCUT2D eigenvalue weighted by Gasteiger charge is 2.24. The van der Waals surface area contributed by atoms with Gasteiger partial charge < -0.3 is 15.1 Å². The number of amides is 1. The van der Waals surface area contributed by atoms with Crippen LogP contribution < -0.4 is 15.1 Å². The van der Waals surface area contributed by atoms with E-state index in [1.54, 1.807) is 24.3 Å². The van der Waals surface area contributed by atoms with Gasteiger partial charge in [-0.15, -0.1) is 0 Å². The van der Waals surface area contributed by atoms with Gasteiger partial charge in [0.1, 0.15) is 6.54 Å². The highest BCUT2D eigenvalue weighted by Crippen LogP contribution is 2.12. The summed E-state index contributed by atoms with van der Waals surface area (Å²) < 4.78 is 0. The Morgan fingerprint density at radius 1 is 1.04 bits per heavy atom. The zero-order valence-electron chi connectivity index (χ0n) is 16.9. The summed E-state index contributed by atoms with van der Waals surface area (Å²) in [5, 5.41) is 2.95. The molecule has 0 saturated carbocycles. The number of nitrogens with one attached hydrogen (secondary N) is 2. The van der Waals surface area contributed by atoms with Crippen LogP contribution in [0.1, 0.15) is 36.7 Å². The number of carbonyl (C=O) groups excluding carboxylic acids is 2. The van der Waals surface area contributed by atoms with Crippen LogP contribution in [-0.4, -0.2) is 38.4 Å². The lowest BCUT2D eigenvalue weighted by atomic mass is 10.1. The molecule has 0 bridgehead atoms. The second kappa shape index (κ2) is 9.33. The molecule has 0 aliphatic heterocycles. The average Bonchev–Trinajstić information content (AvgIpc) is 2.66. The van der Waals surface area contributed by atoms with Gasteiger partial charge in [0.25, 0.3) is 5.91 Å². The van der Waals surface area contributed by atoms with Gasteiger partial charge in [0.2, 0.25) is 0 Å². The van der Waals surface area contributed by atoms with Crippen molar-refractivity contribution < 1.29 is 14.5 Å². The van der Waals surface area contributed by atoms with Crippen molar-refractivity contribution in [2.24, 2.45) is 0 Å². The Kier molecular flexibility index (Phi) is 7.13. The second-order valence-electron chi connectivity index (χ2n) is 7.09. The summed E-state index contributed by atoms with van der Waals surface area (Å²) in [4.78, 5) is 27.3. The molecule has 2 aromatic rings. The quantitative estimate of drug-likeness (QED) is 0.704. The molecular formula is C22H30N3O2+. The van der Waals surface area contributed by atoms with Crippen LogP contribution in [0.4, 0.5) is 11.4 Å². The molecule has 1 unspecified atom stereocenters. The van der Waals surface area contributed by atoms with Gasteiger partial charge in [-0.2, -0.15) is 0 Å². The number of ketones is 1. The van der Waals surface area contributed by atoms with Crippen molar-refractivity contribution in [1.82, 2.24) is 0 Å². The standard InChI is InChI=1S/C22H29N3O2/c1-6-25(15-18-7-13-21(14-8-18)24(4)5)16(2)22(27)23-20-11-9-19(10-12-20)17(3)26/h7-14,16H,6,15H2,1-5H3,(H,23,27)/p+1/t16-/m1/s1. The highest BCUT2D eigenvalue weighted by atomic mass is 16.2. The molecule has 2 N–H and O–H groups in total. The summed E-state index contributed by atoms with van der Waals surface area (Å²) in [6, 6.07) is 15.3. The van der Waals surface area contributed by atoms with Crippen molar-refractivity contribution in [3.8, 4) is 0 Å². The fourth-order valence-electron chi connectivity index (χ4n) is 2.98. The number of quaternary nitrogens is 1. The van der Waals surface area contributed by atoms with Crippen LogP contribution in [0.2, 0.25) is 0 Å². The summed E-state index contributed by atoms with van der Waals surface area (Å²) in [6.07, 6.45) is 0. The van der Waals surface area contributed by atoms with Crippen molar-refractivity contribution in [2.45, 2.75) is 33.4 Å². The monoisotopic (exact) mass is 368 g/mol. The smallest absolute Gasteiger partial charge is 0.282 e. The Labute approximate surface area is 162 Å². The first-order valence-electron chi connectivity index (χ1n) is 9.34. The maximum atomic E-state index is 12.7. The number of carbonyl (C=O) groups is 2. The summed E-state index contributed by atoms with van der Waals surface area (Å²) >= 11 is 0. The summed E-state index contributed by atoms with van der Waals surface area (Å²) in [5.41, 5.74) is 3.73. The zero-order chi connectivity index (χ0) is 20.0. The number of Topliss-reactive ketones (excluding diaryl/α,β-unsaturated/α-hetero) is 1. The van der Waals surface area contributed by atoms with Crippen molar-refractivity contribution in [3.05, 3.63) is 59.7 Å². The largest absolute Gasteiger partial charge is 0.378 e. The molecule has 0 heterocycles. The summed E-state index contributed by atoms with van der Waals surface area (Å²) in [7, 11) is 4.04. The van der Waals surface area contributed by atoms with Gasteiger partial charge in [-0.05, 0) is 57.2 Å². The number of rotatable bonds is 8.